The molecule has 1 saturated heterocycles. The lowest BCUT2D eigenvalue weighted by atomic mass is 10.0. The number of likely N-dealkylation sites (tertiary alicyclic amines) is 1. The molecule has 0 radical (unpaired) electrons. The van der Waals surface area contributed by atoms with Gasteiger partial charge in [-0.05, 0) is 67.3 Å². The van der Waals surface area contributed by atoms with Gasteiger partial charge in [-0.2, -0.15) is 0 Å². The van der Waals surface area contributed by atoms with Crippen molar-refractivity contribution in [3.8, 4) is 0 Å². The van der Waals surface area contributed by atoms with Gasteiger partial charge in [0.2, 0.25) is 0 Å². The van der Waals surface area contributed by atoms with Gasteiger partial charge in [0.1, 0.15) is 0 Å². The highest BCUT2D eigenvalue weighted by Gasteiger charge is 2.29. The van der Waals surface area contributed by atoms with Crippen LogP contribution in [0.25, 0.3) is 0 Å². The Morgan fingerprint density at radius 1 is 1.43 bits per heavy atom. The molecule has 0 bridgehead atoms. The monoisotopic (exact) mass is 300 g/mol. The summed E-state index contributed by atoms with van der Waals surface area (Å²) in [5.41, 5.74) is 2.48. The first-order valence-electron chi connectivity index (χ1n) is 7.49. The van der Waals surface area contributed by atoms with E-state index in [4.69, 9.17) is 0 Å². The summed E-state index contributed by atoms with van der Waals surface area (Å²) in [7, 11) is 0. The van der Waals surface area contributed by atoms with E-state index in [0.717, 1.165) is 37.1 Å². The molecule has 2 aromatic rings. The Morgan fingerprint density at radius 3 is 2.95 bits per heavy atom. The van der Waals surface area contributed by atoms with Crippen LogP contribution in [-0.2, 0) is 6.42 Å². The molecule has 0 aliphatic carbocycles. The summed E-state index contributed by atoms with van der Waals surface area (Å²) < 4.78 is 0. The standard InChI is InChI=1S/C17H20N2OS/c1-13-11-16(21-12-13)17(20)19-10-2-3-15(19)5-4-14-6-8-18-9-7-14/h6-9,11-12,15H,2-5,10H2,1H3. The average molecular weight is 300 g/mol. The van der Waals surface area contributed by atoms with Crippen LogP contribution in [0.2, 0.25) is 0 Å². The van der Waals surface area contributed by atoms with Crippen LogP contribution in [0.5, 0.6) is 0 Å². The third-order valence-electron chi connectivity index (χ3n) is 4.09. The Hall–Kier alpha value is -1.68. The second-order valence-corrected chi connectivity index (χ2v) is 6.59. The fourth-order valence-corrected chi connectivity index (χ4v) is 3.82. The van der Waals surface area contributed by atoms with Crippen molar-refractivity contribution in [2.45, 2.75) is 38.6 Å². The molecule has 1 amide bonds. The minimum atomic E-state index is 0.213. The van der Waals surface area contributed by atoms with Crippen LogP contribution < -0.4 is 0 Å². The highest BCUT2D eigenvalue weighted by atomic mass is 32.1. The third kappa shape index (κ3) is 3.32. The molecule has 0 N–H and O–H groups in total. The van der Waals surface area contributed by atoms with E-state index in [1.54, 1.807) is 11.3 Å². The zero-order chi connectivity index (χ0) is 14.7. The molecule has 4 heteroatoms. The van der Waals surface area contributed by atoms with Crippen molar-refractivity contribution in [3.63, 3.8) is 0 Å². The molecule has 3 heterocycles. The quantitative estimate of drug-likeness (QED) is 0.863. The first-order chi connectivity index (χ1) is 10.2. The fourth-order valence-electron chi connectivity index (χ4n) is 2.97. The molecule has 0 saturated carbocycles. The van der Waals surface area contributed by atoms with Crippen molar-refractivity contribution in [2.24, 2.45) is 0 Å². The summed E-state index contributed by atoms with van der Waals surface area (Å²) in [6.07, 6.45) is 7.97. The van der Waals surface area contributed by atoms with Gasteiger partial charge in [0.15, 0.2) is 0 Å². The van der Waals surface area contributed by atoms with Crippen molar-refractivity contribution in [1.82, 2.24) is 9.88 Å². The smallest absolute Gasteiger partial charge is 0.264 e. The molecule has 0 aromatic carbocycles. The maximum Gasteiger partial charge on any atom is 0.264 e. The number of nitrogens with zero attached hydrogens (tertiary/aromatic N) is 2. The molecule has 1 unspecified atom stereocenters. The minimum Gasteiger partial charge on any atom is -0.335 e. The van der Waals surface area contributed by atoms with Crippen LogP contribution in [0.15, 0.2) is 36.0 Å². The Labute approximate surface area is 129 Å². The lowest BCUT2D eigenvalue weighted by Crippen LogP contribution is -2.35. The number of hydrogen-bond donors (Lipinski definition) is 0. The van der Waals surface area contributed by atoms with E-state index >= 15 is 0 Å². The molecule has 2 aromatic heterocycles. The number of pyridine rings is 1. The maximum atomic E-state index is 12.6. The first-order valence-corrected chi connectivity index (χ1v) is 8.37. The van der Waals surface area contributed by atoms with Crippen LogP contribution in [0.3, 0.4) is 0 Å². The number of thiophene rings is 1. The van der Waals surface area contributed by atoms with Gasteiger partial charge in [-0.3, -0.25) is 9.78 Å². The van der Waals surface area contributed by atoms with E-state index in [-0.39, 0.29) is 5.91 Å². The lowest BCUT2D eigenvalue weighted by Gasteiger charge is -2.24. The Bertz CT molecular complexity index is 608. The van der Waals surface area contributed by atoms with Gasteiger partial charge in [0.05, 0.1) is 4.88 Å². The molecule has 21 heavy (non-hydrogen) atoms. The number of hydrogen-bond acceptors (Lipinski definition) is 3. The summed E-state index contributed by atoms with van der Waals surface area (Å²) in [5.74, 6) is 0.213. The van der Waals surface area contributed by atoms with Crippen molar-refractivity contribution in [1.29, 1.82) is 0 Å². The van der Waals surface area contributed by atoms with Crippen LogP contribution in [0.1, 0.15) is 40.1 Å². The molecule has 1 aliphatic heterocycles. The molecule has 1 aliphatic rings. The van der Waals surface area contributed by atoms with E-state index in [9.17, 15) is 4.79 Å². The van der Waals surface area contributed by atoms with E-state index in [1.807, 2.05) is 25.4 Å². The third-order valence-corrected chi connectivity index (χ3v) is 5.13. The van der Waals surface area contributed by atoms with E-state index < -0.39 is 0 Å². The zero-order valence-corrected chi connectivity index (χ0v) is 13.1. The maximum absolute atomic E-state index is 12.6. The van der Waals surface area contributed by atoms with E-state index in [2.05, 4.69) is 27.4 Å². The second-order valence-electron chi connectivity index (χ2n) is 5.68. The Balaban J connectivity index is 1.64. The molecular formula is C17H20N2OS. The van der Waals surface area contributed by atoms with E-state index in [0.29, 0.717) is 6.04 Å². The Morgan fingerprint density at radius 2 is 2.24 bits per heavy atom. The van der Waals surface area contributed by atoms with Crippen LogP contribution in [-0.4, -0.2) is 28.4 Å². The Kier molecular flexibility index (Phi) is 4.34. The molecule has 110 valence electrons. The lowest BCUT2D eigenvalue weighted by molar-refractivity contribution is 0.0735. The van der Waals surface area contributed by atoms with Crippen molar-refractivity contribution < 1.29 is 4.79 Å². The number of aromatic nitrogens is 1. The predicted molar refractivity (Wildman–Crippen MR) is 85.7 cm³/mol. The van der Waals surface area contributed by atoms with Gasteiger partial charge in [-0.1, -0.05) is 0 Å². The van der Waals surface area contributed by atoms with Gasteiger partial charge in [0, 0.05) is 25.0 Å². The molecule has 3 nitrogen and oxygen atoms in total. The van der Waals surface area contributed by atoms with Gasteiger partial charge >= 0.3 is 0 Å². The number of aryl methyl sites for hydroxylation is 2. The summed E-state index contributed by atoms with van der Waals surface area (Å²) in [4.78, 5) is 19.6. The summed E-state index contributed by atoms with van der Waals surface area (Å²) in [5, 5.41) is 2.05. The first kappa shape index (κ1) is 14.3. The number of amides is 1. The predicted octanol–water partition coefficient (Wildman–Crippen LogP) is 3.69. The number of rotatable bonds is 4. The van der Waals surface area contributed by atoms with Gasteiger partial charge < -0.3 is 4.90 Å². The van der Waals surface area contributed by atoms with Crippen LogP contribution in [0.4, 0.5) is 0 Å². The molecule has 3 rings (SSSR count). The second kappa shape index (κ2) is 6.39. The highest BCUT2D eigenvalue weighted by Crippen LogP contribution is 2.26. The summed E-state index contributed by atoms with van der Waals surface area (Å²) in [6.45, 7) is 2.94. The van der Waals surface area contributed by atoms with Gasteiger partial charge in [0.25, 0.3) is 5.91 Å². The van der Waals surface area contributed by atoms with Crippen LogP contribution >= 0.6 is 11.3 Å². The molecule has 1 atom stereocenters. The molecule has 1 fully saturated rings. The van der Waals surface area contributed by atoms with Crippen molar-refractivity contribution in [2.75, 3.05) is 6.54 Å². The van der Waals surface area contributed by atoms with Crippen molar-refractivity contribution in [3.05, 3.63) is 52.0 Å². The highest BCUT2D eigenvalue weighted by molar-refractivity contribution is 7.12. The van der Waals surface area contributed by atoms with E-state index in [1.165, 1.54) is 11.1 Å². The number of carbonyl (C=O) groups is 1. The minimum absolute atomic E-state index is 0.213. The largest absolute Gasteiger partial charge is 0.335 e. The van der Waals surface area contributed by atoms with Gasteiger partial charge in [-0.15, -0.1) is 11.3 Å². The fraction of sp³-hybridized carbons (Fsp3) is 0.412. The molecular weight excluding hydrogens is 280 g/mol. The van der Waals surface area contributed by atoms with Crippen molar-refractivity contribution >= 4 is 17.2 Å². The normalized spacial score (nSPS) is 18.1. The SMILES string of the molecule is Cc1csc(C(=O)N2CCCC2CCc2ccncc2)c1. The summed E-state index contributed by atoms with van der Waals surface area (Å²) >= 11 is 1.56. The molecule has 0 spiro atoms. The zero-order valence-electron chi connectivity index (χ0n) is 12.3. The number of carbonyl (C=O) groups excluding carboxylic acids is 1. The van der Waals surface area contributed by atoms with Gasteiger partial charge in [-0.25, -0.2) is 0 Å². The topological polar surface area (TPSA) is 33.2 Å². The average Bonchev–Trinajstić information content (AvgIpc) is 3.14. The van der Waals surface area contributed by atoms with Crippen LogP contribution in [0, 0.1) is 6.92 Å². The summed E-state index contributed by atoms with van der Waals surface area (Å²) in [6, 6.07) is 6.51.